The molecule has 0 radical (unpaired) electrons. The number of nitrogens with one attached hydrogen (secondary N) is 1. The van der Waals surface area contributed by atoms with Gasteiger partial charge in [0, 0.05) is 19.5 Å². The van der Waals surface area contributed by atoms with Crippen LogP contribution >= 0.6 is 23.2 Å². The molecule has 0 aliphatic carbocycles. The minimum Gasteiger partial charge on any atom is -0.454 e. The van der Waals surface area contributed by atoms with E-state index in [4.69, 9.17) is 32.7 Å². The van der Waals surface area contributed by atoms with Crippen LogP contribution in [0.5, 0.6) is 11.5 Å². The molecular weight excluding hydrogens is 439 g/mol. The molecule has 0 fully saturated rings. The van der Waals surface area contributed by atoms with Gasteiger partial charge >= 0.3 is 0 Å². The normalized spacial score (nSPS) is 13.0. The largest absolute Gasteiger partial charge is 0.454 e. The Morgan fingerprint density at radius 2 is 1.81 bits per heavy atom. The van der Waals surface area contributed by atoms with Crippen LogP contribution < -0.4 is 14.8 Å². The second kappa shape index (κ2) is 10.7. The van der Waals surface area contributed by atoms with Crippen LogP contribution in [0.15, 0.2) is 36.4 Å². The van der Waals surface area contributed by atoms with E-state index >= 15 is 0 Å². The maximum absolute atomic E-state index is 13.2. The van der Waals surface area contributed by atoms with Crippen LogP contribution in [-0.4, -0.2) is 36.1 Å². The van der Waals surface area contributed by atoms with E-state index in [1.54, 1.807) is 24.0 Å². The number of carbonyl (C=O) groups is 2. The lowest BCUT2D eigenvalue weighted by atomic mass is 10.1. The first kappa shape index (κ1) is 23.2. The summed E-state index contributed by atoms with van der Waals surface area (Å²) in [6.07, 6.45) is 1.60. The zero-order valence-corrected chi connectivity index (χ0v) is 19.1. The number of hydrogen-bond donors (Lipinski definition) is 1. The number of hydrogen-bond acceptors (Lipinski definition) is 4. The molecule has 166 valence electrons. The van der Waals surface area contributed by atoms with Gasteiger partial charge in [-0.25, -0.2) is 0 Å². The Bertz CT molecular complexity index is 951. The van der Waals surface area contributed by atoms with Crippen LogP contribution in [-0.2, 0) is 22.6 Å². The first-order valence-electron chi connectivity index (χ1n) is 10.3. The number of rotatable bonds is 9. The van der Waals surface area contributed by atoms with Crippen molar-refractivity contribution in [2.24, 2.45) is 0 Å². The summed E-state index contributed by atoms with van der Waals surface area (Å²) in [7, 11) is 0. The Hall–Kier alpha value is -2.44. The minimum absolute atomic E-state index is 0.122. The zero-order chi connectivity index (χ0) is 22.4. The van der Waals surface area contributed by atoms with Crippen LogP contribution in [0.2, 0.25) is 10.0 Å². The summed E-state index contributed by atoms with van der Waals surface area (Å²) in [5.74, 6) is 1.09. The van der Waals surface area contributed by atoms with E-state index in [0.29, 0.717) is 34.5 Å². The number of carbonyl (C=O) groups excluding carboxylic acids is 2. The van der Waals surface area contributed by atoms with Gasteiger partial charge in [0.05, 0.1) is 10.0 Å². The highest BCUT2D eigenvalue weighted by molar-refractivity contribution is 6.42. The van der Waals surface area contributed by atoms with Gasteiger partial charge in [-0.15, -0.1) is 0 Å². The molecule has 2 aromatic carbocycles. The summed E-state index contributed by atoms with van der Waals surface area (Å²) >= 11 is 12.2. The predicted octanol–water partition coefficient (Wildman–Crippen LogP) is 4.60. The molecule has 1 atom stereocenters. The number of nitrogens with zero attached hydrogens (tertiary/aromatic N) is 1. The average molecular weight is 465 g/mol. The maximum atomic E-state index is 13.2. The lowest BCUT2D eigenvalue weighted by Gasteiger charge is -2.29. The van der Waals surface area contributed by atoms with Gasteiger partial charge in [-0.2, -0.15) is 0 Å². The van der Waals surface area contributed by atoms with Crippen LogP contribution in [0, 0.1) is 0 Å². The number of amides is 2. The number of halogens is 2. The van der Waals surface area contributed by atoms with Gasteiger partial charge in [0.15, 0.2) is 11.5 Å². The summed E-state index contributed by atoms with van der Waals surface area (Å²) in [6.45, 7) is 4.75. The molecule has 3 rings (SSSR count). The lowest BCUT2D eigenvalue weighted by Crippen LogP contribution is -2.47. The van der Waals surface area contributed by atoms with Crippen LogP contribution in [0.1, 0.15) is 37.8 Å². The SMILES string of the molecule is CCCNC(=O)[C@H](C)N(Cc1ccc(Cl)c(Cl)c1)C(=O)CCc1ccc2c(c1)OCO2. The Morgan fingerprint density at radius 1 is 1.06 bits per heavy atom. The molecule has 0 aromatic heterocycles. The number of fused-ring (bicyclic) bond motifs is 1. The molecule has 0 unspecified atom stereocenters. The fourth-order valence-corrected chi connectivity index (χ4v) is 3.63. The molecule has 2 aromatic rings. The fourth-order valence-electron chi connectivity index (χ4n) is 3.30. The molecule has 31 heavy (non-hydrogen) atoms. The van der Waals surface area contributed by atoms with Crippen molar-refractivity contribution in [1.29, 1.82) is 0 Å². The average Bonchev–Trinajstić information content (AvgIpc) is 3.24. The Balaban J connectivity index is 1.72. The highest BCUT2D eigenvalue weighted by Crippen LogP contribution is 2.33. The number of ether oxygens (including phenoxy) is 2. The summed E-state index contributed by atoms with van der Waals surface area (Å²) in [4.78, 5) is 27.3. The standard InChI is InChI=1S/C23H26Cl2N2O4/c1-3-10-26-23(29)15(2)27(13-17-4-7-18(24)19(25)11-17)22(28)9-6-16-5-8-20-21(12-16)31-14-30-20/h4-5,7-8,11-12,15H,3,6,9-10,13-14H2,1-2H3,(H,26,29)/t15-/m0/s1. The highest BCUT2D eigenvalue weighted by atomic mass is 35.5. The summed E-state index contributed by atoms with van der Waals surface area (Å²) in [6, 6.07) is 10.2. The Kier molecular flexibility index (Phi) is 8.04. The van der Waals surface area contributed by atoms with E-state index in [9.17, 15) is 9.59 Å². The van der Waals surface area contributed by atoms with Crippen LogP contribution in [0.3, 0.4) is 0 Å². The third kappa shape index (κ3) is 6.05. The topological polar surface area (TPSA) is 67.9 Å². The van der Waals surface area contributed by atoms with Crippen LogP contribution in [0.25, 0.3) is 0 Å². The van der Waals surface area contributed by atoms with Gasteiger partial charge in [-0.1, -0.05) is 42.3 Å². The first-order valence-corrected chi connectivity index (χ1v) is 11.0. The molecule has 6 nitrogen and oxygen atoms in total. The molecule has 8 heteroatoms. The van der Waals surface area contributed by atoms with Crippen molar-refractivity contribution in [2.75, 3.05) is 13.3 Å². The lowest BCUT2D eigenvalue weighted by molar-refractivity contribution is -0.140. The second-order valence-electron chi connectivity index (χ2n) is 7.42. The van der Waals surface area contributed by atoms with Crippen molar-refractivity contribution >= 4 is 35.0 Å². The third-order valence-electron chi connectivity index (χ3n) is 5.12. The quantitative estimate of drug-likeness (QED) is 0.588. The van der Waals surface area contributed by atoms with E-state index in [0.717, 1.165) is 17.5 Å². The van der Waals surface area contributed by atoms with Crippen molar-refractivity contribution in [3.63, 3.8) is 0 Å². The van der Waals surface area contributed by atoms with E-state index in [1.165, 1.54) is 0 Å². The van der Waals surface area contributed by atoms with E-state index in [2.05, 4.69) is 5.32 Å². The summed E-state index contributed by atoms with van der Waals surface area (Å²) < 4.78 is 10.7. The van der Waals surface area contributed by atoms with Gasteiger partial charge in [-0.05, 0) is 55.2 Å². The van der Waals surface area contributed by atoms with Gasteiger partial charge in [0.25, 0.3) is 0 Å². The van der Waals surface area contributed by atoms with Crippen molar-refractivity contribution in [1.82, 2.24) is 10.2 Å². The van der Waals surface area contributed by atoms with E-state index in [1.807, 2.05) is 31.2 Å². The summed E-state index contributed by atoms with van der Waals surface area (Å²) in [5.41, 5.74) is 1.77. The molecule has 0 spiro atoms. The Labute approximate surface area is 192 Å². The van der Waals surface area contributed by atoms with Gasteiger partial charge in [-0.3, -0.25) is 9.59 Å². The number of benzene rings is 2. The maximum Gasteiger partial charge on any atom is 0.242 e. The minimum atomic E-state index is -0.620. The van der Waals surface area contributed by atoms with E-state index in [-0.39, 0.29) is 31.6 Å². The molecule has 1 N–H and O–H groups in total. The first-order chi connectivity index (χ1) is 14.9. The van der Waals surface area contributed by atoms with Crippen molar-refractivity contribution < 1.29 is 19.1 Å². The monoisotopic (exact) mass is 464 g/mol. The highest BCUT2D eigenvalue weighted by Gasteiger charge is 2.26. The van der Waals surface area contributed by atoms with E-state index < -0.39 is 6.04 Å². The van der Waals surface area contributed by atoms with Crippen molar-refractivity contribution in [2.45, 2.75) is 45.7 Å². The van der Waals surface area contributed by atoms with Crippen molar-refractivity contribution in [3.05, 3.63) is 57.6 Å². The molecule has 0 saturated carbocycles. The molecule has 0 saturated heterocycles. The molecular formula is C23H26Cl2N2O4. The predicted molar refractivity (Wildman–Crippen MR) is 121 cm³/mol. The second-order valence-corrected chi connectivity index (χ2v) is 8.24. The van der Waals surface area contributed by atoms with Gasteiger partial charge in [0.1, 0.15) is 6.04 Å². The smallest absolute Gasteiger partial charge is 0.242 e. The fraction of sp³-hybridized carbons (Fsp3) is 0.391. The third-order valence-corrected chi connectivity index (χ3v) is 5.86. The van der Waals surface area contributed by atoms with Crippen LogP contribution in [0.4, 0.5) is 0 Å². The molecule has 1 aliphatic heterocycles. The molecule has 1 heterocycles. The van der Waals surface area contributed by atoms with Crippen molar-refractivity contribution in [3.8, 4) is 11.5 Å². The molecule has 2 amide bonds. The zero-order valence-electron chi connectivity index (χ0n) is 17.6. The molecule has 0 bridgehead atoms. The van der Waals surface area contributed by atoms with Gasteiger partial charge < -0.3 is 19.7 Å². The number of aryl methyl sites for hydroxylation is 1. The Morgan fingerprint density at radius 3 is 2.55 bits per heavy atom. The molecule has 1 aliphatic rings. The summed E-state index contributed by atoms with van der Waals surface area (Å²) in [5, 5.41) is 3.72. The van der Waals surface area contributed by atoms with Gasteiger partial charge in [0.2, 0.25) is 18.6 Å².